The smallest absolute Gasteiger partial charge is 0.251 e. The van der Waals surface area contributed by atoms with Gasteiger partial charge >= 0.3 is 0 Å². The number of aryl methyl sites for hydroxylation is 1. The maximum absolute atomic E-state index is 13.9. The Bertz CT molecular complexity index is 773. The summed E-state index contributed by atoms with van der Waals surface area (Å²) in [6, 6.07) is 12.6. The van der Waals surface area contributed by atoms with Crippen LogP contribution in [0.3, 0.4) is 0 Å². The number of methoxy groups -OCH3 is 1. The molecule has 0 bridgehead atoms. The van der Waals surface area contributed by atoms with Crippen molar-refractivity contribution in [2.24, 2.45) is 0 Å². The second kappa shape index (κ2) is 8.97. The van der Waals surface area contributed by atoms with Gasteiger partial charge in [0.2, 0.25) is 0 Å². The molecule has 0 aromatic heterocycles. The Hall–Kier alpha value is -2.44. The molecule has 2 aromatic rings. The van der Waals surface area contributed by atoms with E-state index in [1.165, 1.54) is 24.8 Å². The van der Waals surface area contributed by atoms with Crippen molar-refractivity contribution >= 4 is 5.91 Å². The van der Waals surface area contributed by atoms with Gasteiger partial charge in [-0.2, -0.15) is 0 Å². The lowest BCUT2D eigenvalue weighted by molar-refractivity contribution is 0.0162. The van der Waals surface area contributed by atoms with Crippen LogP contribution in [0.25, 0.3) is 0 Å². The van der Waals surface area contributed by atoms with Gasteiger partial charge in [0.25, 0.3) is 5.91 Å². The zero-order valence-corrected chi connectivity index (χ0v) is 15.7. The van der Waals surface area contributed by atoms with E-state index in [9.17, 15) is 9.18 Å². The number of carbonyl (C=O) groups is 1. The number of hydrogen-bond acceptors (Lipinski definition) is 4. The van der Waals surface area contributed by atoms with E-state index in [2.05, 4.69) is 34.5 Å². The molecular formula is C21H25FN2O3. The average Bonchev–Trinajstić information content (AvgIpc) is 2.70. The second-order valence-electron chi connectivity index (χ2n) is 6.63. The molecule has 1 heterocycles. The van der Waals surface area contributed by atoms with Crippen LogP contribution in [0.1, 0.15) is 27.5 Å². The van der Waals surface area contributed by atoms with Crippen molar-refractivity contribution in [1.29, 1.82) is 0 Å². The number of rotatable bonds is 6. The molecular weight excluding hydrogens is 347 g/mol. The molecule has 0 saturated carbocycles. The quantitative estimate of drug-likeness (QED) is 0.847. The first-order chi connectivity index (χ1) is 13.1. The maximum atomic E-state index is 13.9. The predicted octanol–water partition coefficient (Wildman–Crippen LogP) is 2.95. The van der Waals surface area contributed by atoms with E-state index in [1.54, 1.807) is 6.07 Å². The summed E-state index contributed by atoms with van der Waals surface area (Å²) in [5, 5.41) is 2.95. The molecule has 1 N–H and O–H groups in total. The Balaban J connectivity index is 1.72. The van der Waals surface area contributed by atoms with Gasteiger partial charge in [-0.15, -0.1) is 0 Å². The van der Waals surface area contributed by atoms with Crippen molar-refractivity contribution in [2.45, 2.75) is 13.0 Å². The summed E-state index contributed by atoms with van der Waals surface area (Å²) < 4.78 is 24.2. The summed E-state index contributed by atoms with van der Waals surface area (Å²) in [6.07, 6.45) is 0. The van der Waals surface area contributed by atoms with Crippen LogP contribution >= 0.6 is 0 Å². The standard InChI is InChI=1S/C21H25FN2O3/c1-15-3-5-16(6-4-15)19(24-9-11-27-12-10-24)14-23-21(25)17-7-8-20(26-2)18(22)13-17/h3-8,13,19H,9-12,14H2,1-2H3,(H,23,25). The summed E-state index contributed by atoms with van der Waals surface area (Å²) >= 11 is 0. The van der Waals surface area contributed by atoms with E-state index >= 15 is 0 Å². The summed E-state index contributed by atoms with van der Waals surface area (Å²) in [6.45, 7) is 5.47. The third-order valence-electron chi connectivity index (χ3n) is 4.82. The third-order valence-corrected chi connectivity index (χ3v) is 4.82. The highest BCUT2D eigenvalue weighted by Gasteiger charge is 2.23. The number of halogens is 1. The summed E-state index contributed by atoms with van der Waals surface area (Å²) in [4.78, 5) is 14.8. The zero-order chi connectivity index (χ0) is 19.2. The minimum absolute atomic E-state index is 0.0431. The molecule has 0 spiro atoms. The van der Waals surface area contributed by atoms with Crippen molar-refractivity contribution < 1.29 is 18.7 Å². The molecule has 6 heteroatoms. The molecule has 1 aliphatic rings. The lowest BCUT2D eigenvalue weighted by atomic mass is 10.0. The molecule has 1 atom stereocenters. The van der Waals surface area contributed by atoms with E-state index in [-0.39, 0.29) is 23.3 Å². The van der Waals surface area contributed by atoms with Gasteiger partial charge in [0.05, 0.1) is 26.4 Å². The van der Waals surface area contributed by atoms with Gasteiger partial charge in [0.15, 0.2) is 11.6 Å². The lowest BCUT2D eigenvalue weighted by Gasteiger charge is -2.35. The predicted molar refractivity (Wildman–Crippen MR) is 102 cm³/mol. The Labute approximate surface area is 159 Å². The molecule has 144 valence electrons. The van der Waals surface area contributed by atoms with Crippen LogP contribution in [-0.2, 0) is 4.74 Å². The van der Waals surface area contributed by atoms with Crippen LogP contribution < -0.4 is 10.1 Å². The highest BCUT2D eigenvalue weighted by atomic mass is 19.1. The van der Waals surface area contributed by atoms with Crippen molar-refractivity contribution in [3.05, 3.63) is 65.0 Å². The number of benzene rings is 2. The zero-order valence-electron chi connectivity index (χ0n) is 15.7. The number of hydrogen-bond donors (Lipinski definition) is 1. The molecule has 1 aliphatic heterocycles. The number of nitrogens with one attached hydrogen (secondary N) is 1. The molecule has 5 nitrogen and oxygen atoms in total. The fraction of sp³-hybridized carbons (Fsp3) is 0.381. The van der Waals surface area contributed by atoms with Crippen LogP contribution in [0.2, 0.25) is 0 Å². The molecule has 3 rings (SSSR count). The van der Waals surface area contributed by atoms with E-state index in [1.807, 2.05) is 6.92 Å². The summed E-state index contributed by atoms with van der Waals surface area (Å²) in [5.41, 5.74) is 2.61. The molecule has 0 radical (unpaired) electrons. The molecule has 1 amide bonds. The van der Waals surface area contributed by atoms with Crippen molar-refractivity contribution in [2.75, 3.05) is 40.0 Å². The van der Waals surface area contributed by atoms with Gasteiger partial charge in [0, 0.05) is 25.2 Å². The largest absolute Gasteiger partial charge is 0.494 e. The summed E-state index contributed by atoms with van der Waals surface area (Å²) in [7, 11) is 1.40. The third kappa shape index (κ3) is 4.84. The number of nitrogens with zero attached hydrogens (tertiary/aromatic N) is 1. The van der Waals surface area contributed by atoms with Gasteiger partial charge < -0.3 is 14.8 Å². The first kappa shape index (κ1) is 19.3. The Morgan fingerprint density at radius 2 is 1.93 bits per heavy atom. The van der Waals surface area contributed by atoms with Crippen LogP contribution in [0.15, 0.2) is 42.5 Å². The van der Waals surface area contributed by atoms with Gasteiger partial charge in [-0.25, -0.2) is 4.39 Å². The number of carbonyl (C=O) groups excluding carboxylic acids is 1. The minimum atomic E-state index is -0.548. The average molecular weight is 372 g/mol. The van der Waals surface area contributed by atoms with E-state index in [4.69, 9.17) is 9.47 Å². The summed E-state index contributed by atoms with van der Waals surface area (Å²) in [5.74, 6) is -0.729. The molecule has 2 aromatic carbocycles. The van der Waals surface area contributed by atoms with E-state index in [0.29, 0.717) is 19.8 Å². The van der Waals surface area contributed by atoms with Crippen molar-refractivity contribution in [3.63, 3.8) is 0 Å². The minimum Gasteiger partial charge on any atom is -0.494 e. The Morgan fingerprint density at radius 1 is 1.22 bits per heavy atom. The Morgan fingerprint density at radius 3 is 2.56 bits per heavy atom. The normalized spacial score (nSPS) is 16.0. The number of amides is 1. The van der Waals surface area contributed by atoms with Crippen LogP contribution in [0.4, 0.5) is 4.39 Å². The molecule has 0 aliphatic carbocycles. The van der Waals surface area contributed by atoms with Gasteiger partial charge in [-0.05, 0) is 30.7 Å². The highest BCUT2D eigenvalue weighted by molar-refractivity contribution is 5.94. The first-order valence-corrected chi connectivity index (χ1v) is 9.08. The highest BCUT2D eigenvalue weighted by Crippen LogP contribution is 2.22. The fourth-order valence-electron chi connectivity index (χ4n) is 3.23. The van der Waals surface area contributed by atoms with Gasteiger partial charge in [-0.1, -0.05) is 29.8 Å². The second-order valence-corrected chi connectivity index (χ2v) is 6.63. The van der Waals surface area contributed by atoms with Crippen molar-refractivity contribution in [1.82, 2.24) is 10.2 Å². The molecule has 27 heavy (non-hydrogen) atoms. The van der Waals surface area contributed by atoms with Gasteiger partial charge in [-0.3, -0.25) is 9.69 Å². The fourth-order valence-corrected chi connectivity index (χ4v) is 3.23. The van der Waals surface area contributed by atoms with Crippen LogP contribution in [0, 0.1) is 12.7 Å². The number of morpholine rings is 1. The monoisotopic (exact) mass is 372 g/mol. The molecule has 1 unspecified atom stereocenters. The van der Waals surface area contributed by atoms with Gasteiger partial charge in [0.1, 0.15) is 0 Å². The molecule has 1 fully saturated rings. The van der Waals surface area contributed by atoms with E-state index in [0.717, 1.165) is 18.7 Å². The van der Waals surface area contributed by atoms with Crippen molar-refractivity contribution in [3.8, 4) is 5.75 Å². The SMILES string of the molecule is COc1ccc(C(=O)NCC(c2ccc(C)cc2)N2CCOCC2)cc1F. The number of ether oxygens (including phenoxy) is 2. The lowest BCUT2D eigenvalue weighted by Crippen LogP contribution is -2.43. The topological polar surface area (TPSA) is 50.8 Å². The Kier molecular flexibility index (Phi) is 6.42. The first-order valence-electron chi connectivity index (χ1n) is 9.08. The van der Waals surface area contributed by atoms with Crippen LogP contribution in [-0.4, -0.2) is 50.8 Å². The maximum Gasteiger partial charge on any atom is 0.251 e. The van der Waals surface area contributed by atoms with Crippen LogP contribution in [0.5, 0.6) is 5.75 Å². The molecule has 1 saturated heterocycles. The van der Waals surface area contributed by atoms with E-state index < -0.39 is 5.82 Å².